The number of aliphatic hydroxyl groups is 1. The van der Waals surface area contributed by atoms with Crippen LogP contribution in [0.3, 0.4) is 0 Å². The molecule has 8 heteroatoms. The second-order valence-electron chi connectivity index (χ2n) is 7.68. The van der Waals surface area contributed by atoms with Crippen LogP contribution < -0.4 is 11.1 Å². The van der Waals surface area contributed by atoms with Crippen LogP contribution in [0.25, 0.3) is 0 Å². The zero-order valence-electron chi connectivity index (χ0n) is 15.3. The molecule has 0 bridgehead atoms. The van der Waals surface area contributed by atoms with Gasteiger partial charge in [0.1, 0.15) is 11.6 Å². The molecule has 0 saturated carbocycles. The lowest BCUT2D eigenvalue weighted by atomic mass is 9.89. The van der Waals surface area contributed by atoms with E-state index in [2.05, 4.69) is 15.3 Å². The summed E-state index contributed by atoms with van der Waals surface area (Å²) in [5.74, 6) is -0.891. The molecule has 0 amide bonds. The molecule has 1 fully saturated rings. The fourth-order valence-electron chi connectivity index (χ4n) is 4.18. The van der Waals surface area contributed by atoms with Crippen LogP contribution in [0.5, 0.6) is 0 Å². The van der Waals surface area contributed by atoms with Crippen LogP contribution >= 0.6 is 0 Å². The molecule has 146 valence electrons. The standard InChI is InChI=1S/C19H25F2N5O/c1-11(27)7-26-9-12-8-25(10-18(12)24-26)14-5-17(22)19(23-6-14)15-4-13(20)2-3-16(15)21/h2-4,9,11,14,17,19,23,27H,5-8,10,22H2,1H3/t11-,14-,17+,19-/m1/s1. The number of aromatic nitrogens is 2. The zero-order chi connectivity index (χ0) is 19.1. The van der Waals surface area contributed by atoms with E-state index in [9.17, 15) is 13.9 Å². The molecule has 2 aliphatic rings. The van der Waals surface area contributed by atoms with Crippen molar-refractivity contribution in [3.05, 3.63) is 52.9 Å². The lowest BCUT2D eigenvalue weighted by molar-refractivity contribution is 0.135. The molecule has 0 unspecified atom stereocenters. The SMILES string of the molecule is C[C@@H](O)Cn1cc2c(n1)CN([C@H]1CN[C@H](c3cc(F)ccc3F)[C@@H](N)C1)C2. The quantitative estimate of drug-likeness (QED) is 0.748. The minimum Gasteiger partial charge on any atom is -0.391 e. The highest BCUT2D eigenvalue weighted by Crippen LogP contribution is 2.31. The third-order valence-corrected chi connectivity index (χ3v) is 5.46. The van der Waals surface area contributed by atoms with E-state index in [0.29, 0.717) is 25.1 Å². The van der Waals surface area contributed by atoms with Gasteiger partial charge in [0.2, 0.25) is 0 Å². The maximum Gasteiger partial charge on any atom is 0.128 e. The summed E-state index contributed by atoms with van der Waals surface area (Å²) in [6.45, 7) is 4.41. The number of fused-ring (bicyclic) bond motifs is 1. The zero-order valence-corrected chi connectivity index (χ0v) is 15.3. The fourth-order valence-corrected chi connectivity index (χ4v) is 4.18. The van der Waals surface area contributed by atoms with Crippen molar-refractivity contribution in [2.24, 2.45) is 5.73 Å². The normalized spacial score (nSPS) is 26.9. The Labute approximate surface area is 157 Å². The number of aliphatic hydroxyl groups excluding tert-OH is 1. The van der Waals surface area contributed by atoms with E-state index < -0.39 is 23.8 Å². The molecule has 6 nitrogen and oxygen atoms in total. The first kappa shape index (κ1) is 18.5. The van der Waals surface area contributed by atoms with E-state index in [-0.39, 0.29) is 12.1 Å². The monoisotopic (exact) mass is 377 g/mol. The van der Waals surface area contributed by atoms with Gasteiger partial charge in [-0.1, -0.05) is 0 Å². The lowest BCUT2D eigenvalue weighted by Gasteiger charge is -2.39. The summed E-state index contributed by atoms with van der Waals surface area (Å²) < 4.78 is 29.4. The van der Waals surface area contributed by atoms with E-state index in [1.165, 1.54) is 11.6 Å². The van der Waals surface area contributed by atoms with E-state index in [0.717, 1.165) is 30.9 Å². The van der Waals surface area contributed by atoms with Crippen molar-refractivity contribution in [3.8, 4) is 0 Å². The number of benzene rings is 1. The van der Waals surface area contributed by atoms with Gasteiger partial charge in [0.05, 0.1) is 24.4 Å². The highest BCUT2D eigenvalue weighted by molar-refractivity contribution is 5.26. The predicted octanol–water partition coefficient (Wildman–Crippen LogP) is 1.29. The van der Waals surface area contributed by atoms with Gasteiger partial charge in [-0.05, 0) is 31.5 Å². The molecule has 4 rings (SSSR count). The molecule has 2 aromatic rings. The highest BCUT2D eigenvalue weighted by atomic mass is 19.1. The Kier molecular flexibility index (Phi) is 4.98. The Balaban J connectivity index is 1.40. The molecule has 0 radical (unpaired) electrons. The fraction of sp³-hybridized carbons (Fsp3) is 0.526. The van der Waals surface area contributed by atoms with Gasteiger partial charge in [-0.15, -0.1) is 0 Å². The van der Waals surface area contributed by atoms with Gasteiger partial charge in [0.15, 0.2) is 0 Å². The van der Waals surface area contributed by atoms with Crippen LogP contribution in [0, 0.1) is 11.6 Å². The van der Waals surface area contributed by atoms with Gasteiger partial charge in [-0.25, -0.2) is 8.78 Å². The van der Waals surface area contributed by atoms with Gasteiger partial charge >= 0.3 is 0 Å². The Morgan fingerprint density at radius 3 is 2.89 bits per heavy atom. The average molecular weight is 377 g/mol. The molecule has 4 atom stereocenters. The highest BCUT2D eigenvalue weighted by Gasteiger charge is 2.36. The summed E-state index contributed by atoms with van der Waals surface area (Å²) in [5, 5.41) is 17.3. The summed E-state index contributed by atoms with van der Waals surface area (Å²) in [6.07, 6.45) is 2.26. The molecule has 1 saturated heterocycles. The van der Waals surface area contributed by atoms with Crippen molar-refractivity contribution < 1.29 is 13.9 Å². The van der Waals surface area contributed by atoms with Gasteiger partial charge in [-0.2, -0.15) is 5.10 Å². The van der Waals surface area contributed by atoms with Gasteiger partial charge < -0.3 is 16.2 Å². The van der Waals surface area contributed by atoms with Crippen LogP contribution in [0.4, 0.5) is 8.78 Å². The van der Waals surface area contributed by atoms with Gasteiger partial charge in [0, 0.05) is 49.0 Å². The second-order valence-corrected chi connectivity index (χ2v) is 7.68. The number of nitrogens with zero attached hydrogens (tertiary/aromatic N) is 3. The predicted molar refractivity (Wildman–Crippen MR) is 96.6 cm³/mol. The number of hydrogen-bond donors (Lipinski definition) is 3. The number of piperidine rings is 1. The number of nitrogens with two attached hydrogens (primary N) is 1. The summed E-state index contributed by atoms with van der Waals surface area (Å²) in [7, 11) is 0. The minimum absolute atomic E-state index is 0.215. The van der Waals surface area contributed by atoms with Crippen LogP contribution in [-0.2, 0) is 19.6 Å². The van der Waals surface area contributed by atoms with Crippen molar-refractivity contribution in [2.45, 2.75) is 57.2 Å². The number of rotatable bonds is 4. The summed E-state index contributed by atoms with van der Waals surface area (Å²) in [6, 6.07) is 3.02. The van der Waals surface area contributed by atoms with Crippen LogP contribution in [0.15, 0.2) is 24.4 Å². The van der Waals surface area contributed by atoms with Crippen LogP contribution in [0.2, 0.25) is 0 Å². The molecular formula is C19H25F2N5O. The number of nitrogens with one attached hydrogen (secondary N) is 1. The third-order valence-electron chi connectivity index (χ3n) is 5.46. The Morgan fingerprint density at radius 2 is 2.19 bits per heavy atom. The molecule has 27 heavy (non-hydrogen) atoms. The first-order chi connectivity index (χ1) is 12.9. The third kappa shape index (κ3) is 3.75. The molecular weight excluding hydrogens is 352 g/mol. The van der Waals surface area contributed by atoms with Gasteiger partial charge in [-0.3, -0.25) is 9.58 Å². The number of hydrogen-bond acceptors (Lipinski definition) is 5. The molecule has 2 aliphatic heterocycles. The topological polar surface area (TPSA) is 79.3 Å². The molecule has 4 N–H and O–H groups in total. The van der Waals surface area contributed by atoms with Crippen molar-refractivity contribution in [1.82, 2.24) is 20.0 Å². The van der Waals surface area contributed by atoms with Crippen LogP contribution in [-0.4, -0.2) is 44.5 Å². The summed E-state index contributed by atoms with van der Waals surface area (Å²) in [5.41, 5.74) is 8.81. The van der Waals surface area contributed by atoms with Crippen molar-refractivity contribution in [2.75, 3.05) is 6.54 Å². The molecule has 3 heterocycles. The van der Waals surface area contributed by atoms with Crippen molar-refractivity contribution in [3.63, 3.8) is 0 Å². The first-order valence-electron chi connectivity index (χ1n) is 9.32. The van der Waals surface area contributed by atoms with Gasteiger partial charge in [0.25, 0.3) is 0 Å². The molecule has 0 aliphatic carbocycles. The number of halogens is 2. The summed E-state index contributed by atoms with van der Waals surface area (Å²) in [4.78, 5) is 2.31. The van der Waals surface area contributed by atoms with E-state index in [1.54, 1.807) is 11.6 Å². The van der Waals surface area contributed by atoms with E-state index in [4.69, 9.17) is 5.73 Å². The van der Waals surface area contributed by atoms with Crippen molar-refractivity contribution >= 4 is 0 Å². The second kappa shape index (κ2) is 7.27. The maximum atomic E-state index is 14.1. The van der Waals surface area contributed by atoms with Crippen molar-refractivity contribution in [1.29, 1.82) is 0 Å². The Bertz CT molecular complexity index is 801. The molecule has 1 aromatic heterocycles. The summed E-state index contributed by atoms with van der Waals surface area (Å²) >= 11 is 0. The van der Waals surface area contributed by atoms with E-state index >= 15 is 0 Å². The lowest BCUT2D eigenvalue weighted by Crippen LogP contribution is -2.54. The van der Waals surface area contributed by atoms with E-state index in [1.807, 2.05) is 6.20 Å². The first-order valence-corrected chi connectivity index (χ1v) is 9.32. The smallest absolute Gasteiger partial charge is 0.128 e. The molecule has 0 spiro atoms. The Morgan fingerprint density at radius 1 is 1.37 bits per heavy atom. The minimum atomic E-state index is -0.457. The Hall–Kier alpha value is -1.87. The largest absolute Gasteiger partial charge is 0.391 e. The average Bonchev–Trinajstić information content (AvgIpc) is 3.15. The van der Waals surface area contributed by atoms with Crippen LogP contribution in [0.1, 0.15) is 36.2 Å². The maximum absolute atomic E-state index is 14.1. The molecule has 1 aromatic carbocycles.